The number of piperidine rings is 1. The van der Waals surface area contributed by atoms with Crippen LogP contribution in [-0.2, 0) is 11.3 Å². The highest BCUT2D eigenvalue weighted by atomic mass is 16.2. The first kappa shape index (κ1) is 17.5. The van der Waals surface area contributed by atoms with Gasteiger partial charge in [0.25, 0.3) is 0 Å². The lowest BCUT2D eigenvalue weighted by Gasteiger charge is -2.42. The van der Waals surface area contributed by atoms with Crippen molar-refractivity contribution in [2.24, 2.45) is 0 Å². The van der Waals surface area contributed by atoms with E-state index < -0.39 is 5.54 Å². The Balaban J connectivity index is 1.71. The van der Waals surface area contributed by atoms with Gasteiger partial charge in [-0.2, -0.15) is 5.10 Å². The minimum Gasteiger partial charge on any atom is -0.371 e. The molecule has 2 heterocycles. The SMILES string of the molecule is CC(C)NC(=O)C1(Nc2ccccc2)CCN(Cc2cn[nH]c2)CC1. The highest BCUT2D eigenvalue weighted by Gasteiger charge is 2.41. The van der Waals surface area contributed by atoms with Crippen LogP contribution < -0.4 is 10.6 Å². The maximum absolute atomic E-state index is 13.0. The van der Waals surface area contributed by atoms with Crippen molar-refractivity contribution in [2.75, 3.05) is 18.4 Å². The van der Waals surface area contributed by atoms with Gasteiger partial charge in [-0.3, -0.25) is 14.8 Å². The van der Waals surface area contributed by atoms with Crippen LogP contribution in [0.3, 0.4) is 0 Å². The zero-order valence-electron chi connectivity index (χ0n) is 15.0. The van der Waals surface area contributed by atoms with Crippen LogP contribution >= 0.6 is 0 Å². The molecule has 1 fully saturated rings. The Morgan fingerprint density at radius 1 is 1.28 bits per heavy atom. The second-order valence-electron chi connectivity index (χ2n) is 7.08. The van der Waals surface area contributed by atoms with Crippen LogP contribution in [0.15, 0.2) is 42.7 Å². The largest absolute Gasteiger partial charge is 0.371 e. The molecule has 6 nitrogen and oxygen atoms in total. The number of amides is 1. The lowest BCUT2D eigenvalue weighted by molar-refractivity contribution is -0.127. The summed E-state index contributed by atoms with van der Waals surface area (Å²) in [6.07, 6.45) is 5.34. The van der Waals surface area contributed by atoms with Gasteiger partial charge in [-0.05, 0) is 38.8 Å². The molecule has 3 N–H and O–H groups in total. The van der Waals surface area contributed by atoms with Gasteiger partial charge in [0.05, 0.1) is 6.20 Å². The number of anilines is 1. The molecule has 0 atom stereocenters. The summed E-state index contributed by atoms with van der Waals surface area (Å²) < 4.78 is 0. The molecule has 3 rings (SSSR count). The Bertz CT molecular complexity index is 660. The van der Waals surface area contributed by atoms with Gasteiger partial charge < -0.3 is 10.6 Å². The molecule has 134 valence electrons. The molecule has 0 bridgehead atoms. The predicted molar refractivity (Wildman–Crippen MR) is 99.2 cm³/mol. The number of rotatable bonds is 6. The lowest BCUT2D eigenvalue weighted by atomic mass is 9.85. The van der Waals surface area contributed by atoms with Crippen molar-refractivity contribution in [3.63, 3.8) is 0 Å². The van der Waals surface area contributed by atoms with Crippen LogP contribution in [0.25, 0.3) is 0 Å². The molecule has 2 aromatic rings. The molecule has 0 spiro atoms. The molecule has 1 aromatic carbocycles. The second-order valence-corrected chi connectivity index (χ2v) is 7.08. The summed E-state index contributed by atoms with van der Waals surface area (Å²) in [7, 11) is 0. The van der Waals surface area contributed by atoms with Gasteiger partial charge >= 0.3 is 0 Å². The van der Waals surface area contributed by atoms with Crippen molar-refractivity contribution in [1.82, 2.24) is 20.4 Å². The predicted octanol–water partition coefficient (Wildman–Crippen LogP) is 2.38. The molecule has 1 aromatic heterocycles. The number of H-pyrrole nitrogens is 1. The Labute approximate surface area is 149 Å². The number of nitrogens with one attached hydrogen (secondary N) is 3. The van der Waals surface area contributed by atoms with E-state index in [1.165, 1.54) is 5.56 Å². The van der Waals surface area contributed by atoms with Gasteiger partial charge in [0.15, 0.2) is 0 Å². The molecule has 0 unspecified atom stereocenters. The molecule has 25 heavy (non-hydrogen) atoms. The fourth-order valence-electron chi connectivity index (χ4n) is 3.32. The quantitative estimate of drug-likeness (QED) is 0.754. The third-order valence-corrected chi connectivity index (χ3v) is 4.68. The van der Waals surface area contributed by atoms with Crippen molar-refractivity contribution in [2.45, 2.75) is 44.8 Å². The third kappa shape index (κ3) is 4.39. The maximum Gasteiger partial charge on any atom is 0.245 e. The average Bonchev–Trinajstić information content (AvgIpc) is 3.10. The number of aromatic nitrogens is 2. The molecule has 0 saturated carbocycles. The van der Waals surface area contributed by atoms with Gasteiger partial charge in [-0.25, -0.2) is 0 Å². The highest BCUT2D eigenvalue weighted by molar-refractivity contribution is 5.89. The Morgan fingerprint density at radius 2 is 2.00 bits per heavy atom. The standard InChI is InChI=1S/C19H27N5O/c1-15(2)22-18(25)19(23-17-6-4-3-5-7-17)8-10-24(11-9-19)14-16-12-20-21-13-16/h3-7,12-13,15,23H,8-11,14H2,1-2H3,(H,20,21)(H,22,25). The molecule has 1 amide bonds. The van der Waals surface area contributed by atoms with E-state index in [0.717, 1.165) is 38.2 Å². The zero-order chi connectivity index (χ0) is 17.7. The minimum atomic E-state index is -0.557. The van der Waals surface area contributed by atoms with Crippen LogP contribution in [-0.4, -0.2) is 45.7 Å². The third-order valence-electron chi connectivity index (χ3n) is 4.68. The maximum atomic E-state index is 13.0. The normalized spacial score (nSPS) is 17.4. The first-order valence-electron chi connectivity index (χ1n) is 8.92. The number of hydrogen-bond donors (Lipinski definition) is 3. The van der Waals surface area contributed by atoms with Crippen molar-refractivity contribution in [3.8, 4) is 0 Å². The summed E-state index contributed by atoms with van der Waals surface area (Å²) >= 11 is 0. The van der Waals surface area contributed by atoms with Crippen molar-refractivity contribution >= 4 is 11.6 Å². The molecular weight excluding hydrogens is 314 g/mol. The number of benzene rings is 1. The Hall–Kier alpha value is -2.34. The molecule has 0 radical (unpaired) electrons. The van der Waals surface area contributed by atoms with Crippen molar-refractivity contribution in [1.29, 1.82) is 0 Å². The van der Waals surface area contributed by atoms with E-state index in [1.54, 1.807) is 0 Å². The monoisotopic (exact) mass is 341 g/mol. The number of carbonyl (C=O) groups excluding carboxylic acids is 1. The summed E-state index contributed by atoms with van der Waals surface area (Å²) in [6, 6.07) is 10.1. The van der Waals surface area contributed by atoms with Gasteiger partial charge in [0.2, 0.25) is 5.91 Å². The van der Waals surface area contributed by atoms with Crippen molar-refractivity contribution < 1.29 is 4.79 Å². The number of hydrogen-bond acceptors (Lipinski definition) is 4. The molecule has 6 heteroatoms. The van der Waals surface area contributed by atoms with Crippen LogP contribution in [0.5, 0.6) is 0 Å². The number of likely N-dealkylation sites (tertiary alicyclic amines) is 1. The van der Waals surface area contributed by atoms with Crippen LogP contribution in [0.1, 0.15) is 32.3 Å². The molecule has 0 aliphatic carbocycles. The topological polar surface area (TPSA) is 73.1 Å². The fourth-order valence-corrected chi connectivity index (χ4v) is 3.32. The highest BCUT2D eigenvalue weighted by Crippen LogP contribution is 2.28. The smallest absolute Gasteiger partial charge is 0.245 e. The van der Waals surface area contributed by atoms with Gasteiger partial charge in [-0.15, -0.1) is 0 Å². The Kier molecular flexibility index (Phi) is 5.38. The van der Waals surface area contributed by atoms with Crippen LogP contribution in [0, 0.1) is 0 Å². The summed E-state index contributed by atoms with van der Waals surface area (Å²) in [4.78, 5) is 15.3. The number of para-hydroxylation sites is 1. The fraction of sp³-hybridized carbons (Fsp3) is 0.474. The average molecular weight is 341 g/mol. The van der Waals surface area contributed by atoms with Crippen molar-refractivity contribution in [3.05, 3.63) is 48.3 Å². The summed E-state index contributed by atoms with van der Waals surface area (Å²) in [5, 5.41) is 13.5. The van der Waals surface area contributed by atoms with Crippen LogP contribution in [0.2, 0.25) is 0 Å². The van der Waals surface area contributed by atoms with Crippen LogP contribution in [0.4, 0.5) is 5.69 Å². The Morgan fingerprint density at radius 3 is 2.60 bits per heavy atom. The first-order valence-corrected chi connectivity index (χ1v) is 8.92. The van der Waals surface area contributed by atoms with E-state index in [0.29, 0.717) is 0 Å². The van der Waals surface area contributed by atoms with E-state index in [9.17, 15) is 4.79 Å². The number of carbonyl (C=O) groups is 1. The van der Waals surface area contributed by atoms with E-state index >= 15 is 0 Å². The summed E-state index contributed by atoms with van der Waals surface area (Å²) in [5.74, 6) is 0.0920. The second kappa shape index (κ2) is 7.70. The first-order chi connectivity index (χ1) is 12.1. The summed E-state index contributed by atoms with van der Waals surface area (Å²) in [6.45, 7) is 6.61. The summed E-state index contributed by atoms with van der Waals surface area (Å²) in [5.41, 5.74) is 1.61. The van der Waals surface area contributed by atoms with E-state index in [4.69, 9.17) is 0 Å². The van der Waals surface area contributed by atoms with E-state index in [2.05, 4.69) is 25.7 Å². The van der Waals surface area contributed by atoms with Gasteiger partial charge in [0.1, 0.15) is 5.54 Å². The minimum absolute atomic E-state index is 0.0920. The molecule has 1 saturated heterocycles. The molecule has 1 aliphatic rings. The van der Waals surface area contributed by atoms with E-state index in [-0.39, 0.29) is 11.9 Å². The number of aromatic amines is 1. The lowest BCUT2D eigenvalue weighted by Crippen LogP contribution is -2.59. The number of nitrogens with zero attached hydrogens (tertiary/aromatic N) is 2. The van der Waals surface area contributed by atoms with E-state index in [1.807, 2.05) is 56.6 Å². The zero-order valence-corrected chi connectivity index (χ0v) is 15.0. The van der Waals surface area contributed by atoms with Gasteiger partial charge in [0, 0.05) is 43.1 Å². The molecular formula is C19H27N5O. The molecule has 1 aliphatic heterocycles. The van der Waals surface area contributed by atoms with Gasteiger partial charge in [-0.1, -0.05) is 18.2 Å².